The lowest BCUT2D eigenvalue weighted by Gasteiger charge is -2.32. The minimum atomic E-state index is -4.52. The highest BCUT2D eigenvalue weighted by Gasteiger charge is 2.32. The first kappa shape index (κ1) is 20.3. The number of aliphatic hydroxyl groups is 1. The minimum absolute atomic E-state index is 0.122. The molecule has 2 heterocycles. The van der Waals surface area contributed by atoms with Crippen LogP contribution in [0.5, 0.6) is 5.75 Å². The van der Waals surface area contributed by atoms with E-state index in [1.165, 1.54) is 6.92 Å². The van der Waals surface area contributed by atoms with Crippen LogP contribution in [0.4, 0.5) is 19.0 Å². The molecule has 3 rings (SSSR count). The van der Waals surface area contributed by atoms with Gasteiger partial charge in [-0.25, -0.2) is 0 Å². The van der Waals surface area contributed by atoms with E-state index in [9.17, 15) is 18.3 Å². The van der Waals surface area contributed by atoms with Gasteiger partial charge in [0.05, 0.1) is 17.9 Å². The van der Waals surface area contributed by atoms with Crippen LogP contribution in [0.2, 0.25) is 0 Å². The number of phenolic OH excluding ortho intramolecular Hbond substituents is 1. The summed E-state index contributed by atoms with van der Waals surface area (Å²) in [6.07, 6.45) is -2.53. The van der Waals surface area contributed by atoms with E-state index in [1.807, 2.05) is 0 Å². The number of aryl methyl sites for hydroxylation is 1. The third-order valence-corrected chi connectivity index (χ3v) is 4.84. The summed E-state index contributed by atoms with van der Waals surface area (Å²) in [5, 5.41) is 30.6. The number of alkyl halides is 3. The predicted molar refractivity (Wildman–Crippen MR) is 99.0 cm³/mol. The Kier molecular flexibility index (Phi) is 6.04. The van der Waals surface area contributed by atoms with Gasteiger partial charge >= 0.3 is 6.18 Å². The summed E-state index contributed by atoms with van der Waals surface area (Å²) in [7, 11) is 0. The molecule has 0 amide bonds. The number of nitrogens with one attached hydrogen (secondary N) is 1. The highest BCUT2D eigenvalue weighted by molar-refractivity contribution is 5.71. The standard InChI is InChI=1S/C19H23F3N4O2/c1-12-9-13(19(20,21)22)10-16(28)18(12)15-4-5-17(25-24-15)23-14-3-2-6-26(11-14)7-8-27/h4-5,9-10,14,27-28H,2-3,6-8,11H2,1H3,(H,23,25)/t14-/m0/s1. The van der Waals surface area contributed by atoms with Crippen LogP contribution in [0.15, 0.2) is 24.3 Å². The summed E-state index contributed by atoms with van der Waals surface area (Å²) in [4.78, 5) is 2.17. The number of β-amino-alcohol motifs (C(OH)–C–C–N with tert-alkyl or cyclic N) is 1. The molecule has 1 saturated heterocycles. The fraction of sp³-hybridized carbons (Fsp3) is 0.474. The van der Waals surface area contributed by atoms with Gasteiger partial charge < -0.3 is 15.5 Å². The Morgan fingerprint density at radius 3 is 2.64 bits per heavy atom. The first-order valence-electron chi connectivity index (χ1n) is 9.12. The molecule has 1 aliphatic heterocycles. The van der Waals surface area contributed by atoms with E-state index in [2.05, 4.69) is 20.4 Å². The second kappa shape index (κ2) is 8.32. The third-order valence-electron chi connectivity index (χ3n) is 4.84. The number of aromatic hydroxyl groups is 1. The quantitative estimate of drug-likeness (QED) is 0.721. The van der Waals surface area contributed by atoms with Gasteiger partial charge in [0.25, 0.3) is 0 Å². The lowest BCUT2D eigenvalue weighted by atomic mass is 10.0. The number of aromatic nitrogens is 2. The van der Waals surface area contributed by atoms with E-state index in [-0.39, 0.29) is 23.8 Å². The molecule has 2 aromatic rings. The average molecular weight is 396 g/mol. The van der Waals surface area contributed by atoms with Crippen molar-refractivity contribution in [1.82, 2.24) is 15.1 Å². The number of aliphatic hydroxyl groups excluding tert-OH is 1. The van der Waals surface area contributed by atoms with Gasteiger partial charge in [0.15, 0.2) is 0 Å². The first-order valence-corrected chi connectivity index (χ1v) is 9.12. The van der Waals surface area contributed by atoms with Gasteiger partial charge in [0.1, 0.15) is 11.6 Å². The molecular weight excluding hydrogens is 373 g/mol. The molecule has 1 aromatic carbocycles. The predicted octanol–water partition coefficient (Wildman–Crippen LogP) is 3.05. The molecule has 28 heavy (non-hydrogen) atoms. The van der Waals surface area contributed by atoms with Crippen LogP contribution in [0.25, 0.3) is 11.3 Å². The Bertz CT molecular complexity index is 787. The SMILES string of the molecule is Cc1cc(C(F)(F)F)cc(O)c1-c1ccc(N[C@H]2CCCN(CCO)C2)nn1. The summed E-state index contributed by atoms with van der Waals surface area (Å²) < 4.78 is 38.6. The van der Waals surface area contributed by atoms with Gasteiger partial charge in [0, 0.05) is 24.7 Å². The number of piperidine rings is 1. The molecule has 1 aromatic heterocycles. The van der Waals surface area contributed by atoms with Crippen molar-refractivity contribution in [3.05, 3.63) is 35.4 Å². The maximum absolute atomic E-state index is 12.9. The second-order valence-electron chi connectivity index (χ2n) is 7.00. The number of halogens is 3. The highest BCUT2D eigenvalue weighted by atomic mass is 19.4. The zero-order chi connectivity index (χ0) is 20.3. The van der Waals surface area contributed by atoms with Crippen molar-refractivity contribution in [3.63, 3.8) is 0 Å². The fourth-order valence-electron chi connectivity index (χ4n) is 3.54. The molecule has 0 spiro atoms. The van der Waals surface area contributed by atoms with Crippen LogP contribution < -0.4 is 5.32 Å². The summed E-state index contributed by atoms with van der Waals surface area (Å²) >= 11 is 0. The second-order valence-corrected chi connectivity index (χ2v) is 7.00. The Hall–Kier alpha value is -2.39. The van der Waals surface area contributed by atoms with Crippen molar-refractivity contribution in [2.45, 2.75) is 32.0 Å². The lowest BCUT2D eigenvalue weighted by molar-refractivity contribution is -0.137. The Morgan fingerprint density at radius 2 is 2.04 bits per heavy atom. The van der Waals surface area contributed by atoms with Crippen molar-refractivity contribution >= 4 is 5.82 Å². The van der Waals surface area contributed by atoms with E-state index >= 15 is 0 Å². The number of rotatable bonds is 5. The molecule has 152 valence electrons. The summed E-state index contributed by atoms with van der Waals surface area (Å²) in [5.74, 6) is 0.0814. The molecular formula is C19H23F3N4O2. The minimum Gasteiger partial charge on any atom is -0.507 e. The maximum atomic E-state index is 12.9. The Balaban J connectivity index is 1.74. The lowest BCUT2D eigenvalue weighted by Crippen LogP contribution is -2.43. The molecule has 6 nitrogen and oxygen atoms in total. The summed E-state index contributed by atoms with van der Waals surface area (Å²) in [5.41, 5.74) is -0.0878. The number of nitrogens with zero attached hydrogens (tertiary/aromatic N) is 3. The van der Waals surface area contributed by atoms with Gasteiger partial charge in [-0.1, -0.05) is 0 Å². The van der Waals surface area contributed by atoms with Gasteiger partial charge in [-0.15, -0.1) is 10.2 Å². The molecule has 0 unspecified atom stereocenters. The molecule has 0 aliphatic carbocycles. The zero-order valence-corrected chi connectivity index (χ0v) is 15.5. The molecule has 1 aliphatic rings. The monoisotopic (exact) mass is 396 g/mol. The average Bonchev–Trinajstić information content (AvgIpc) is 2.62. The molecule has 0 saturated carbocycles. The normalized spacial score (nSPS) is 18.2. The molecule has 0 radical (unpaired) electrons. The van der Waals surface area contributed by atoms with E-state index in [0.29, 0.717) is 24.1 Å². The van der Waals surface area contributed by atoms with Crippen LogP contribution in [-0.4, -0.2) is 57.6 Å². The van der Waals surface area contributed by atoms with Crippen molar-refractivity contribution < 1.29 is 23.4 Å². The van der Waals surface area contributed by atoms with Crippen LogP contribution in [0.3, 0.4) is 0 Å². The fourth-order valence-corrected chi connectivity index (χ4v) is 3.54. The smallest absolute Gasteiger partial charge is 0.416 e. The largest absolute Gasteiger partial charge is 0.507 e. The molecule has 0 bridgehead atoms. The van der Waals surface area contributed by atoms with Gasteiger partial charge in [-0.05, 0) is 56.1 Å². The van der Waals surface area contributed by atoms with Crippen molar-refractivity contribution in [2.24, 2.45) is 0 Å². The maximum Gasteiger partial charge on any atom is 0.416 e. The van der Waals surface area contributed by atoms with E-state index < -0.39 is 17.5 Å². The van der Waals surface area contributed by atoms with Gasteiger partial charge in [-0.2, -0.15) is 13.2 Å². The molecule has 3 N–H and O–H groups in total. The third kappa shape index (κ3) is 4.71. The number of hydrogen-bond donors (Lipinski definition) is 3. The summed E-state index contributed by atoms with van der Waals surface area (Å²) in [6, 6.07) is 5.19. The zero-order valence-electron chi connectivity index (χ0n) is 15.5. The van der Waals surface area contributed by atoms with Crippen LogP contribution >= 0.6 is 0 Å². The molecule has 9 heteroatoms. The van der Waals surface area contributed by atoms with Crippen LogP contribution in [-0.2, 0) is 6.18 Å². The van der Waals surface area contributed by atoms with Gasteiger partial charge in [0.2, 0.25) is 0 Å². The Labute approximate surface area is 161 Å². The number of likely N-dealkylation sites (tertiary alicyclic amines) is 1. The molecule has 1 atom stereocenters. The van der Waals surface area contributed by atoms with Crippen molar-refractivity contribution in [1.29, 1.82) is 0 Å². The Morgan fingerprint density at radius 1 is 1.25 bits per heavy atom. The topological polar surface area (TPSA) is 81.5 Å². The van der Waals surface area contributed by atoms with Crippen molar-refractivity contribution in [3.8, 4) is 17.0 Å². The number of phenols is 1. The first-order chi connectivity index (χ1) is 13.3. The number of hydrogen-bond acceptors (Lipinski definition) is 6. The number of anilines is 1. The van der Waals surface area contributed by atoms with E-state index in [1.54, 1.807) is 12.1 Å². The van der Waals surface area contributed by atoms with E-state index in [0.717, 1.165) is 32.0 Å². The molecule has 1 fully saturated rings. The van der Waals surface area contributed by atoms with Crippen LogP contribution in [0.1, 0.15) is 24.0 Å². The van der Waals surface area contributed by atoms with Crippen molar-refractivity contribution in [2.75, 3.05) is 31.6 Å². The van der Waals surface area contributed by atoms with Gasteiger partial charge in [-0.3, -0.25) is 4.90 Å². The number of benzene rings is 1. The van der Waals surface area contributed by atoms with E-state index in [4.69, 9.17) is 5.11 Å². The van der Waals surface area contributed by atoms with Crippen LogP contribution in [0, 0.1) is 6.92 Å². The summed E-state index contributed by atoms with van der Waals surface area (Å²) in [6.45, 7) is 4.00. The highest BCUT2D eigenvalue weighted by Crippen LogP contribution is 2.38.